The lowest BCUT2D eigenvalue weighted by Gasteiger charge is -2.23. The van der Waals surface area contributed by atoms with Crippen molar-refractivity contribution >= 4 is 23.3 Å². The van der Waals surface area contributed by atoms with Crippen molar-refractivity contribution in [2.75, 3.05) is 7.11 Å². The van der Waals surface area contributed by atoms with Crippen molar-refractivity contribution < 1.29 is 4.74 Å². The molecule has 0 unspecified atom stereocenters. The second kappa shape index (κ2) is 4.76. The number of aromatic amines is 1. The molecule has 1 aromatic carbocycles. The van der Waals surface area contributed by atoms with Crippen LogP contribution < -0.4 is 4.74 Å². The maximum atomic E-state index is 5.43. The highest BCUT2D eigenvalue weighted by molar-refractivity contribution is 7.71. The minimum atomic E-state index is 0.233. The molecule has 2 rings (SSSR count). The molecule has 0 saturated carbocycles. The average molecular weight is 264 g/mol. The molecule has 0 aliphatic carbocycles. The van der Waals surface area contributed by atoms with Crippen LogP contribution in [0.25, 0.3) is 11.0 Å². The molecule has 0 amide bonds. The van der Waals surface area contributed by atoms with E-state index < -0.39 is 0 Å². The highest BCUT2D eigenvalue weighted by Crippen LogP contribution is 2.28. The molecule has 98 valence electrons. The van der Waals surface area contributed by atoms with Gasteiger partial charge in [-0.3, -0.25) is 0 Å². The van der Waals surface area contributed by atoms with E-state index in [1.54, 1.807) is 7.11 Å². The molecule has 3 nitrogen and oxygen atoms in total. The number of rotatable bonds is 4. The molecular weight excluding hydrogens is 244 g/mol. The van der Waals surface area contributed by atoms with E-state index in [0.717, 1.165) is 34.5 Å². The normalized spacial score (nSPS) is 12.0. The van der Waals surface area contributed by atoms with Crippen LogP contribution in [0.3, 0.4) is 0 Å². The smallest absolute Gasteiger partial charge is 0.178 e. The Morgan fingerprint density at radius 2 is 2.11 bits per heavy atom. The van der Waals surface area contributed by atoms with Crippen molar-refractivity contribution in [3.8, 4) is 5.75 Å². The standard InChI is InChI=1S/C14H20N2OS/c1-5-14(2,3)9-16-10-7-6-8-11(17-4)12(10)15-13(16)18/h6-8H,5,9H2,1-4H3,(H,15,18). The number of para-hydroxylation sites is 1. The summed E-state index contributed by atoms with van der Waals surface area (Å²) in [4.78, 5) is 3.25. The van der Waals surface area contributed by atoms with Crippen LogP contribution in [0.1, 0.15) is 27.2 Å². The number of H-pyrrole nitrogens is 1. The Balaban J connectivity index is 2.58. The van der Waals surface area contributed by atoms with Crippen LogP contribution in [0.2, 0.25) is 0 Å². The Bertz CT molecular complexity index is 610. The summed E-state index contributed by atoms with van der Waals surface area (Å²) in [5.74, 6) is 0.839. The van der Waals surface area contributed by atoms with Crippen molar-refractivity contribution in [3.63, 3.8) is 0 Å². The predicted octanol–water partition coefficient (Wildman–Crippen LogP) is 4.14. The van der Waals surface area contributed by atoms with Crippen LogP contribution >= 0.6 is 12.2 Å². The van der Waals surface area contributed by atoms with Crippen molar-refractivity contribution in [2.24, 2.45) is 5.41 Å². The third kappa shape index (κ3) is 2.29. The van der Waals surface area contributed by atoms with Gasteiger partial charge in [0, 0.05) is 6.54 Å². The number of imidazole rings is 1. The molecule has 0 aliphatic rings. The Morgan fingerprint density at radius 1 is 1.39 bits per heavy atom. The van der Waals surface area contributed by atoms with Gasteiger partial charge in [-0.05, 0) is 36.2 Å². The molecular formula is C14H20N2OS. The largest absolute Gasteiger partial charge is 0.494 e. The van der Waals surface area contributed by atoms with Crippen molar-refractivity contribution in [1.82, 2.24) is 9.55 Å². The molecule has 1 aromatic heterocycles. The minimum Gasteiger partial charge on any atom is -0.494 e. The van der Waals surface area contributed by atoms with Gasteiger partial charge < -0.3 is 14.3 Å². The average Bonchev–Trinajstić information content (AvgIpc) is 2.66. The summed E-state index contributed by atoms with van der Waals surface area (Å²) in [6.07, 6.45) is 1.12. The second-order valence-electron chi connectivity index (χ2n) is 5.39. The summed E-state index contributed by atoms with van der Waals surface area (Å²) >= 11 is 5.43. The van der Waals surface area contributed by atoms with E-state index in [0.29, 0.717) is 0 Å². The first-order valence-corrected chi connectivity index (χ1v) is 6.65. The van der Waals surface area contributed by atoms with Crippen LogP contribution in [0.15, 0.2) is 18.2 Å². The van der Waals surface area contributed by atoms with E-state index in [2.05, 4.69) is 36.4 Å². The molecule has 2 aromatic rings. The molecule has 0 bridgehead atoms. The van der Waals surface area contributed by atoms with Gasteiger partial charge >= 0.3 is 0 Å². The van der Waals surface area contributed by atoms with Crippen LogP contribution in [-0.4, -0.2) is 16.7 Å². The van der Waals surface area contributed by atoms with Gasteiger partial charge in [-0.25, -0.2) is 0 Å². The molecule has 0 saturated heterocycles. The third-order valence-electron chi connectivity index (χ3n) is 3.54. The lowest BCUT2D eigenvalue weighted by molar-refractivity contribution is 0.297. The first-order valence-electron chi connectivity index (χ1n) is 6.24. The molecule has 18 heavy (non-hydrogen) atoms. The third-order valence-corrected chi connectivity index (χ3v) is 3.86. The molecule has 0 spiro atoms. The van der Waals surface area contributed by atoms with E-state index in [1.165, 1.54) is 0 Å². The molecule has 4 heteroatoms. The molecule has 0 atom stereocenters. The Kier molecular flexibility index (Phi) is 3.48. The van der Waals surface area contributed by atoms with Gasteiger partial charge in [0.25, 0.3) is 0 Å². The maximum Gasteiger partial charge on any atom is 0.178 e. The van der Waals surface area contributed by atoms with Gasteiger partial charge in [0.05, 0.1) is 12.6 Å². The molecule has 1 heterocycles. The van der Waals surface area contributed by atoms with Crippen LogP contribution in [0, 0.1) is 10.2 Å². The zero-order chi connectivity index (χ0) is 13.3. The number of aromatic nitrogens is 2. The van der Waals surface area contributed by atoms with Crippen molar-refractivity contribution in [3.05, 3.63) is 23.0 Å². The number of nitrogens with one attached hydrogen (secondary N) is 1. The van der Waals surface area contributed by atoms with Crippen LogP contribution in [0.5, 0.6) is 5.75 Å². The van der Waals surface area contributed by atoms with Gasteiger partial charge in [-0.2, -0.15) is 0 Å². The number of methoxy groups -OCH3 is 1. The lowest BCUT2D eigenvalue weighted by atomic mass is 9.90. The van der Waals surface area contributed by atoms with Crippen LogP contribution in [0.4, 0.5) is 0 Å². The fourth-order valence-electron chi connectivity index (χ4n) is 2.02. The zero-order valence-corrected chi connectivity index (χ0v) is 12.2. The summed E-state index contributed by atoms with van der Waals surface area (Å²) in [7, 11) is 1.68. The number of ether oxygens (including phenoxy) is 1. The van der Waals surface area contributed by atoms with Gasteiger partial charge in [-0.1, -0.05) is 26.8 Å². The SMILES string of the molecule is CCC(C)(C)Cn1c(=S)[nH]c2c(OC)cccc21. The Hall–Kier alpha value is -1.29. The van der Waals surface area contributed by atoms with Crippen LogP contribution in [-0.2, 0) is 6.54 Å². The quantitative estimate of drug-likeness (QED) is 0.841. The first kappa shape index (κ1) is 13.1. The van der Waals surface area contributed by atoms with Crippen molar-refractivity contribution in [2.45, 2.75) is 33.7 Å². The number of fused-ring (bicyclic) bond motifs is 1. The fourth-order valence-corrected chi connectivity index (χ4v) is 2.29. The summed E-state index contributed by atoms with van der Waals surface area (Å²) in [5, 5.41) is 0. The number of hydrogen-bond acceptors (Lipinski definition) is 2. The number of hydrogen-bond donors (Lipinski definition) is 1. The van der Waals surface area contributed by atoms with Gasteiger partial charge in [0.1, 0.15) is 11.3 Å². The summed E-state index contributed by atoms with van der Waals surface area (Å²) < 4.78 is 8.28. The summed E-state index contributed by atoms with van der Waals surface area (Å²) in [5.41, 5.74) is 2.33. The van der Waals surface area contributed by atoms with E-state index in [-0.39, 0.29) is 5.41 Å². The second-order valence-corrected chi connectivity index (χ2v) is 5.78. The number of nitrogens with zero attached hydrogens (tertiary/aromatic N) is 1. The maximum absolute atomic E-state index is 5.43. The van der Waals surface area contributed by atoms with E-state index in [1.807, 2.05) is 12.1 Å². The van der Waals surface area contributed by atoms with Gasteiger partial charge in [0.2, 0.25) is 0 Å². The van der Waals surface area contributed by atoms with Gasteiger partial charge in [0.15, 0.2) is 4.77 Å². The first-order chi connectivity index (χ1) is 8.48. The Morgan fingerprint density at radius 3 is 2.72 bits per heavy atom. The monoisotopic (exact) mass is 264 g/mol. The highest BCUT2D eigenvalue weighted by atomic mass is 32.1. The topological polar surface area (TPSA) is 29.9 Å². The molecule has 1 N–H and O–H groups in total. The van der Waals surface area contributed by atoms with E-state index in [9.17, 15) is 0 Å². The summed E-state index contributed by atoms with van der Waals surface area (Å²) in [6, 6.07) is 6.03. The predicted molar refractivity (Wildman–Crippen MR) is 77.7 cm³/mol. The number of benzene rings is 1. The van der Waals surface area contributed by atoms with Gasteiger partial charge in [-0.15, -0.1) is 0 Å². The lowest BCUT2D eigenvalue weighted by Crippen LogP contribution is -2.18. The fraction of sp³-hybridized carbons (Fsp3) is 0.500. The van der Waals surface area contributed by atoms with E-state index in [4.69, 9.17) is 17.0 Å². The van der Waals surface area contributed by atoms with E-state index >= 15 is 0 Å². The zero-order valence-electron chi connectivity index (χ0n) is 11.4. The highest BCUT2D eigenvalue weighted by Gasteiger charge is 2.18. The minimum absolute atomic E-state index is 0.233. The summed E-state index contributed by atoms with van der Waals surface area (Å²) in [6.45, 7) is 7.64. The Labute approximate surface area is 113 Å². The molecule has 0 radical (unpaired) electrons. The van der Waals surface area contributed by atoms with Crippen molar-refractivity contribution in [1.29, 1.82) is 0 Å². The molecule has 0 fully saturated rings. The molecule has 0 aliphatic heterocycles.